The predicted molar refractivity (Wildman–Crippen MR) is 102 cm³/mol. The van der Waals surface area contributed by atoms with E-state index in [0.29, 0.717) is 23.6 Å². The number of aliphatic hydroxyl groups is 1. The summed E-state index contributed by atoms with van der Waals surface area (Å²) in [6, 6.07) is 11.0. The van der Waals surface area contributed by atoms with Crippen molar-refractivity contribution < 1.29 is 9.90 Å². The van der Waals surface area contributed by atoms with E-state index in [1.54, 1.807) is 12.1 Å². The zero-order valence-corrected chi connectivity index (χ0v) is 15.4. The van der Waals surface area contributed by atoms with Gasteiger partial charge in [0, 0.05) is 16.3 Å². The van der Waals surface area contributed by atoms with E-state index >= 15 is 0 Å². The van der Waals surface area contributed by atoms with E-state index in [4.69, 9.17) is 17.3 Å². The average Bonchev–Trinajstić information content (AvgIpc) is 2.60. The maximum atomic E-state index is 11.8. The number of carbonyl (C=O) groups excluding carboxylic acids is 1. The number of carbonyl (C=O) groups is 1. The Morgan fingerprint density at radius 3 is 2.92 bits per heavy atom. The average molecular weight is 369 g/mol. The van der Waals surface area contributed by atoms with E-state index in [1.165, 1.54) is 0 Å². The molecule has 3 rings (SSSR count). The summed E-state index contributed by atoms with van der Waals surface area (Å²) in [7, 11) is 0. The van der Waals surface area contributed by atoms with Crippen molar-refractivity contribution >= 4 is 17.5 Å². The van der Waals surface area contributed by atoms with E-state index in [2.05, 4.69) is 16.8 Å². The van der Waals surface area contributed by atoms with Crippen LogP contribution < -0.4 is 5.73 Å². The monoisotopic (exact) mass is 368 g/mol. The van der Waals surface area contributed by atoms with Crippen LogP contribution in [0.25, 0.3) is 0 Å². The van der Waals surface area contributed by atoms with E-state index in [-0.39, 0.29) is 5.92 Å². The fourth-order valence-corrected chi connectivity index (χ4v) is 3.67. The summed E-state index contributed by atoms with van der Waals surface area (Å²) in [4.78, 5) is 16.1. The summed E-state index contributed by atoms with van der Waals surface area (Å²) in [5.74, 6) is 5.49. The third-order valence-electron chi connectivity index (χ3n) is 4.73. The van der Waals surface area contributed by atoms with Gasteiger partial charge in [0.05, 0.1) is 0 Å². The number of aryl methyl sites for hydroxylation is 1. The van der Waals surface area contributed by atoms with Crippen molar-refractivity contribution in [3.8, 4) is 11.8 Å². The Labute approximate surface area is 158 Å². The molecule has 5 heteroatoms. The van der Waals surface area contributed by atoms with Crippen molar-refractivity contribution in [2.45, 2.75) is 44.1 Å². The number of hydrogen-bond donors (Lipinski definition) is 2. The van der Waals surface area contributed by atoms with E-state index in [0.717, 1.165) is 29.7 Å². The molecular formula is C21H21ClN2O2. The Hall–Kier alpha value is -2.35. The van der Waals surface area contributed by atoms with Crippen LogP contribution in [0.15, 0.2) is 36.4 Å². The molecule has 26 heavy (non-hydrogen) atoms. The maximum absolute atomic E-state index is 11.8. The van der Waals surface area contributed by atoms with Crippen LogP contribution in [0.2, 0.25) is 5.02 Å². The highest BCUT2D eigenvalue weighted by atomic mass is 35.5. The van der Waals surface area contributed by atoms with Gasteiger partial charge in [0.15, 0.2) is 0 Å². The number of nitrogens with zero attached hydrogens (tertiary/aromatic N) is 1. The molecule has 1 saturated carbocycles. The fourth-order valence-electron chi connectivity index (χ4n) is 3.48. The van der Waals surface area contributed by atoms with Gasteiger partial charge >= 0.3 is 0 Å². The van der Waals surface area contributed by atoms with Gasteiger partial charge in [0.2, 0.25) is 0 Å². The smallest absolute Gasteiger partial charge is 0.267 e. The first-order valence-electron chi connectivity index (χ1n) is 8.65. The number of nitrogens with two attached hydrogens (primary N) is 1. The summed E-state index contributed by atoms with van der Waals surface area (Å²) in [6.07, 6.45) is 2.73. The van der Waals surface area contributed by atoms with E-state index in [1.807, 2.05) is 31.2 Å². The summed E-state index contributed by atoms with van der Waals surface area (Å²) in [5.41, 5.74) is 7.00. The third kappa shape index (κ3) is 4.24. The minimum absolute atomic E-state index is 0.00184. The van der Waals surface area contributed by atoms with Gasteiger partial charge in [-0.3, -0.25) is 4.79 Å². The molecule has 2 atom stereocenters. The molecule has 1 aliphatic rings. The second-order valence-corrected chi connectivity index (χ2v) is 7.28. The van der Waals surface area contributed by atoms with Crippen molar-refractivity contribution in [2.75, 3.05) is 0 Å². The molecule has 1 aliphatic carbocycles. The minimum atomic E-state index is -1.11. The molecule has 1 amide bonds. The van der Waals surface area contributed by atoms with Crippen molar-refractivity contribution in [1.29, 1.82) is 0 Å². The second kappa shape index (κ2) is 7.49. The van der Waals surface area contributed by atoms with Crippen LogP contribution in [-0.4, -0.2) is 21.6 Å². The van der Waals surface area contributed by atoms with E-state index in [9.17, 15) is 9.90 Å². The Bertz CT molecular complexity index is 900. The molecule has 0 aliphatic heterocycles. The predicted octanol–water partition coefficient (Wildman–Crippen LogP) is 3.58. The number of benzene rings is 1. The van der Waals surface area contributed by atoms with Crippen LogP contribution in [0.3, 0.4) is 0 Å². The van der Waals surface area contributed by atoms with Gasteiger partial charge in [-0.05, 0) is 68.4 Å². The van der Waals surface area contributed by atoms with Crippen LogP contribution >= 0.6 is 11.6 Å². The molecule has 0 bridgehead atoms. The van der Waals surface area contributed by atoms with Gasteiger partial charge in [0.1, 0.15) is 11.3 Å². The zero-order chi connectivity index (χ0) is 18.7. The normalized spacial score (nSPS) is 22.3. The third-order valence-corrected chi connectivity index (χ3v) is 4.97. The topological polar surface area (TPSA) is 76.2 Å². The highest BCUT2D eigenvalue weighted by Gasteiger charge is 2.35. The molecule has 0 saturated heterocycles. The molecule has 1 heterocycles. The summed E-state index contributed by atoms with van der Waals surface area (Å²) in [6.45, 7) is 1.82. The lowest BCUT2D eigenvalue weighted by atomic mass is 9.75. The van der Waals surface area contributed by atoms with Crippen LogP contribution in [0.5, 0.6) is 0 Å². The van der Waals surface area contributed by atoms with Gasteiger partial charge in [-0.1, -0.05) is 35.6 Å². The Morgan fingerprint density at radius 1 is 1.38 bits per heavy atom. The standard InChI is InChI=1S/C21H21ClN2O2/c1-14-7-8-18(19(24-14)20(23)25)16-5-3-10-21(26,13-16)11-9-15-4-2-6-17(22)12-15/h2,4,6-8,12,16,26H,3,5,10,13H2,1H3,(H2,23,25)/t16-,21+/m0/s1. The van der Waals surface area contributed by atoms with Gasteiger partial charge < -0.3 is 10.8 Å². The second-order valence-electron chi connectivity index (χ2n) is 6.84. The molecule has 1 aromatic carbocycles. The Morgan fingerprint density at radius 2 is 2.19 bits per heavy atom. The van der Waals surface area contributed by atoms with Crippen molar-refractivity contribution in [2.24, 2.45) is 5.73 Å². The molecule has 4 nitrogen and oxygen atoms in total. The lowest BCUT2D eigenvalue weighted by Gasteiger charge is -2.33. The SMILES string of the molecule is Cc1ccc([C@H]2CCC[C@@](O)(C#Cc3cccc(Cl)c3)C2)c(C(N)=O)n1. The number of aromatic nitrogens is 1. The molecule has 1 aromatic heterocycles. The van der Waals surface area contributed by atoms with Gasteiger partial charge in [-0.25, -0.2) is 4.98 Å². The van der Waals surface area contributed by atoms with E-state index < -0.39 is 11.5 Å². The highest BCUT2D eigenvalue weighted by molar-refractivity contribution is 6.30. The molecule has 134 valence electrons. The van der Waals surface area contributed by atoms with Crippen LogP contribution in [0.1, 0.15) is 58.9 Å². The number of primary amides is 1. The van der Waals surface area contributed by atoms with Gasteiger partial charge in [-0.15, -0.1) is 0 Å². The molecule has 3 N–H and O–H groups in total. The van der Waals surface area contributed by atoms with Crippen LogP contribution in [-0.2, 0) is 0 Å². The molecule has 0 unspecified atom stereocenters. The Kier molecular flexibility index (Phi) is 5.31. The summed E-state index contributed by atoms with van der Waals surface area (Å²) in [5, 5.41) is 11.6. The van der Waals surface area contributed by atoms with Crippen LogP contribution in [0.4, 0.5) is 0 Å². The quantitative estimate of drug-likeness (QED) is 0.795. The molecule has 0 spiro atoms. The van der Waals surface area contributed by atoms with Gasteiger partial charge in [0.25, 0.3) is 5.91 Å². The first-order chi connectivity index (χ1) is 12.4. The Balaban J connectivity index is 1.87. The molecule has 0 radical (unpaired) electrons. The molecule has 2 aromatic rings. The number of rotatable bonds is 2. The largest absolute Gasteiger partial charge is 0.378 e. The number of hydrogen-bond acceptors (Lipinski definition) is 3. The first kappa shape index (κ1) is 18.4. The van der Waals surface area contributed by atoms with Crippen molar-refractivity contribution in [3.63, 3.8) is 0 Å². The molecular weight excluding hydrogens is 348 g/mol. The van der Waals surface area contributed by atoms with Crippen LogP contribution in [0, 0.1) is 18.8 Å². The van der Waals surface area contributed by atoms with Crippen molar-refractivity contribution in [1.82, 2.24) is 4.98 Å². The number of pyridine rings is 1. The fraction of sp³-hybridized carbons (Fsp3) is 0.333. The highest BCUT2D eigenvalue weighted by Crippen LogP contribution is 2.39. The minimum Gasteiger partial charge on any atom is -0.378 e. The number of halogens is 1. The maximum Gasteiger partial charge on any atom is 0.267 e. The van der Waals surface area contributed by atoms with Gasteiger partial charge in [-0.2, -0.15) is 0 Å². The zero-order valence-electron chi connectivity index (χ0n) is 14.6. The molecule has 1 fully saturated rings. The summed E-state index contributed by atoms with van der Waals surface area (Å²) >= 11 is 5.98. The summed E-state index contributed by atoms with van der Waals surface area (Å²) < 4.78 is 0. The first-order valence-corrected chi connectivity index (χ1v) is 9.02. The number of amides is 1. The lowest BCUT2D eigenvalue weighted by Crippen LogP contribution is -2.34. The van der Waals surface area contributed by atoms with Crippen molar-refractivity contribution in [3.05, 3.63) is 63.9 Å². The lowest BCUT2D eigenvalue weighted by molar-refractivity contribution is 0.0517.